The van der Waals surface area contributed by atoms with Crippen molar-refractivity contribution in [3.8, 4) is 10.6 Å². The maximum absolute atomic E-state index is 12.8. The molecular formula is C28H30F3N5O4S. The summed E-state index contributed by atoms with van der Waals surface area (Å²) in [7, 11) is 0. The highest BCUT2D eigenvalue weighted by molar-refractivity contribution is 7.18. The number of aliphatic carboxylic acids is 1. The van der Waals surface area contributed by atoms with Gasteiger partial charge >= 0.3 is 12.1 Å². The number of carbonyl (C=O) groups excluding carboxylic acids is 2. The van der Waals surface area contributed by atoms with Crippen LogP contribution in [0.25, 0.3) is 10.6 Å². The van der Waals surface area contributed by atoms with E-state index in [-0.39, 0.29) is 23.9 Å². The molecule has 13 heteroatoms. The number of nitrogens with zero attached hydrogens (tertiary/aromatic N) is 2. The Bertz CT molecular complexity index is 1300. The highest BCUT2D eigenvalue weighted by atomic mass is 32.1. The van der Waals surface area contributed by atoms with Crippen molar-refractivity contribution in [3.05, 3.63) is 78.4 Å². The first-order valence-electron chi connectivity index (χ1n) is 12.9. The van der Waals surface area contributed by atoms with Gasteiger partial charge in [-0.3, -0.25) is 14.9 Å². The van der Waals surface area contributed by atoms with Crippen LogP contribution < -0.4 is 16.0 Å². The van der Waals surface area contributed by atoms with E-state index in [0.717, 1.165) is 42.8 Å². The van der Waals surface area contributed by atoms with Gasteiger partial charge in [-0.2, -0.15) is 13.2 Å². The summed E-state index contributed by atoms with van der Waals surface area (Å²) in [4.78, 5) is 34.2. The fourth-order valence-corrected chi connectivity index (χ4v) is 4.62. The normalized spacial score (nSPS) is 15.8. The Balaban J connectivity index is 0.000000587. The number of nitrogens with one attached hydrogen (secondary N) is 3. The van der Waals surface area contributed by atoms with Gasteiger partial charge < -0.3 is 15.7 Å². The second kappa shape index (κ2) is 15.6. The van der Waals surface area contributed by atoms with E-state index < -0.39 is 12.1 Å². The zero-order valence-corrected chi connectivity index (χ0v) is 22.8. The van der Waals surface area contributed by atoms with Crippen LogP contribution >= 0.6 is 11.3 Å². The number of aromatic nitrogens is 2. The maximum atomic E-state index is 12.8. The molecule has 2 amide bonds. The van der Waals surface area contributed by atoms with Crippen LogP contribution in [-0.4, -0.2) is 57.9 Å². The number of amides is 2. The number of benzene rings is 2. The van der Waals surface area contributed by atoms with Crippen molar-refractivity contribution in [1.29, 1.82) is 0 Å². The fourth-order valence-electron chi connectivity index (χ4n) is 3.86. The molecule has 2 atom stereocenters. The van der Waals surface area contributed by atoms with Gasteiger partial charge in [0, 0.05) is 17.7 Å². The molecular weight excluding hydrogens is 559 g/mol. The van der Waals surface area contributed by atoms with Gasteiger partial charge in [-0.05, 0) is 37.8 Å². The highest BCUT2D eigenvalue weighted by Gasteiger charge is 2.38. The number of hydrogen-bond acceptors (Lipinski definition) is 7. The van der Waals surface area contributed by atoms with Crippen molar-refractivity contribution in [2.45, 2.75) is 50.4 Å². The van der Waals surface area contributed by atoms with Crippen molar-refractivity contribution < 1.29 is 32.7 Å². The minimum atomic E-state index is -5.08. The number of alkyl halides is 3. The summed E-state index contributed by atoms with van der Waals surface area (Å²) in [6.45, 7) is 0.859. The quantitative estimate of drug-likeness (QED) is 0.268. The molecule has 1 aliphatic heterocycles. The van der Waals surface area contributed by atoms with Crippen molar-refractivity contribution in [1.82, 2.24) is 20.8 Å². The van der Waals surface area contributed by atoms with Crippen LogP contribution in [0.4, 0.5) is 18.3 Å². The molecule has 1 saturated heterocycles. The van der Waals surface area contributed by atoms with Crippen LogP contribution in [0, 0.1) is 0 Å². The van der Waals surface area contributed by atoms with Crippen LogP contribution in [0.1, 0.15) is 31.2 Å². The Kier molecular flexibility index (Phi) is 12.0. The molecule has 9 nitrogen and oxygen atoms in total. The van der Waals surface area contributed by atoms with E-state index >= 15 is 0 Å². The number of carbonyl (C=O) groups is 3. The van der Waals surface area contributed by atoms with E-state index in [9.17, 15) is 22.8 Å². The Morgan fingerprint density at radius 1 is 1.05 bits per heavy atom. The topological polar surface area (TPSA) is 133 Å². The molecule has 1 aromatic heterocycles. The molecule has 0 spiro atoms. The molecule has 4 N–H and O–H groups in total. The summed E-state index contributed by atoms with van der Waals surface area (Å²) in [6.07, 6.45) is 2.62. The van der Waals surface area contributed by atoms with Gasteiger partial charge in [-0.1, -0.05) is 84.5 Å². The minimum Gasteiger partial charge on any atom is -0.475 e. The van der Waals surface area contributed by atoms with E-state index in [0.29, 0.717) is 11.6 Å². The molecule has 218 valence electrons. The van der Waals surface area contributed by atoms with E-state index in [2.05, 4.69) is 38.3 Å². The summed E-state index contributed by atoms with van der Waals surface area (Å²) in [5, 5.41) is 25.7. The predicted octanol–water partition coefficient (Wildman–Crippen LogP) is 4.59. The zero-order valence-electron chi connectivity index (χ0n) is 21.9. The van der Waals surface area contributed by atoms with Gasteiger partial charge in [-0.25, -0.2) is 4.79 Å². The van der Waals surface area contributed by atoms with Crippen molar-refractivity contribution in [2.24, 2.45) is 0 Å². The number of aryl methyl sites for hydroxylation is 1. The molecule has 4 rings (SSSR count). The first-order valence-corrected chi connectivity index (χ1v) is 13.7. The van der Waals surface area contributed by atoms with Crippen molar-refractivity contribution in [2.75, 3.05) is 11.9 Å². The van der Waals surface area contributed by atoms with Crippen LogP contribution in [-0.2, 0) is 20.8 Å². The molecule has 41 heavy (non-hydrogen) atoms. The first kappa shape index (κ1) is 31.4. The van der Waals surface area contributed by atoms with Gasteiger partial charge in [0.25, 0.3) is 0 Å². The van der Waals surface area contributed by atoms with Gasteiger partial charge in [0.2, 0.25) is 16.9 Å². The molecule has 2 aromatic carbocycles. The lowest BCUT2D eigenvalue weighted by Crippen LogP contribution is -2.49. The van der Waals surface area contributed by atoms with Gasteiger partial charge in [-0.15, -0.1) is 10.2 Å². The first-order chi connectivity index (χ1) is 19.6. The molecule has 0 unspecified atom stereocenters. The van der Waals surface area contributed by atoms with Gasteiger partial charge in [0.05, 0.1) is 6.04 Å². The van der Waals surface area contributed by atoms with Gasteiger partial charge in [0.1, 0.15) is 5.01 Å². The SMILES string of the molecule is O=C(/C=C/[C@H](CCc1ccccc1)NC(=O)[C@@H]1CCCCN1)Nc1nnc(-c2ccccc2)s1.O=C(O)C(F)(F)F. The molecule has 0 saturated carbocycles. The molecule has 0 aliphatic carbocycles. The summed E-state index contributed by atoms with van der Waals surface area (Å²) >= 11 is 1.32. The number of carboxylic acid groups (broad SMARTS) is 1. The molecule has 2 heterocycles. The third-order valence-corrected chi connectivity index (χ3v) is 6.83. The summed E-state index contributed by atoms with van der Waals surface area (Å²) < 4.78 is 31.7. The minimum absolute atomic E-state index is 0.0144. The smallest absolute Gasteiger partial charge is 0.475 e. The third-order valence-electron chi connectivity index (χ3n) is 5.94. The number of halogens is 3. The summed E-state index contributed by atoms with van der Waals surface area (Å²) in [5.74, 6) is -3.07. The number of rotatable bonds is 9. The van der Waals surface area contributed by atoms with E-state index in [1.54, 1.807) is 6.08 Å². The lowest BCUT2D eigenvalue weighted by molar-refractivity contribution is -0.192. The summed E-state index contributed by atoms with van der Waals surface area (Å²) in [6, 6.07) is 19.4. The zero-order chi connectivity index (χ0) is 29.7. The Morgan fingerprint density at radius 2 is 1.71 bits per heavy atom. The van der Waals surface area contributed by atoms with Crippen molar-refractivity contribution >= 4 is 34.3 Å². The van der Waals surface area contributed by atoms with E-state index in [1.165, 1.54) is 23.0 Å². The standard InChI is InChI=1S/C26H29N5O2S.C2HF3O2/c32-23(29-26-31-30-25(34-26)20-11-5-2-6-12-20)17-16-21(15-14-19-9-3-1-4-10-19)28-24(33)22-13-7-8-18-27-22;3-2(4,5)1(6)7/h1-6,9-12,16-17,21-22,27H,7-8,13-15,18H2,(H,28,33)(H,29,31,32);(H,6,7)/b17-16+;/t21-,22-;/m0./s1. The van der Waals surface area contributed by atoms with Crippen LogP contribution in [0.5, 0.6) is 0 Å². The second-order valence-corrected chi connectivity index (χ2v) is 10.0. The lowest BCUT2D eigenvalue weighted by atomic mass is 10.0. The fraction of sp³-hybridized carbons (Fsp3) is 0.321. The highest BCUT2D eigenvalue weighted by Crippen LogP contribution is 2.25. The summed E-state index contributed by atoms with van der Waals surface area (Å²) in [5.41, 5.74) is 2.15. The Hall–Kier alpha value is -4.10. The van der Waals surface area contributed by atoms with E-state index in [4.69, 9.17) is 9.90 Å². The Labute approximate surface area is 238 Å². The lowest BCUT2D eigenvalue weighted by Gasteiger charge is -2.25. The Morgan fingerprint density at radius 3 is 2.32 bits per heavy atom. The second-order valence-electron chi connectivity index (χ2n) is 9.07. The maximum Gasteiger partial charge on any atom is 0.490 e. The third kappa shape index (κ3) is 11.1. The molecule has 3 aromatic rings. The average molecular weight is 590 g/mol. The van der Waals surface area contributed by atoms with Crippen LogP contribution in [0.15, 0.2) is 72.8 Å². The average Bonchev–Trinajstić information content (AvgIpc) is 3.44. The number of piperidine rings is 1. The molecule has 1 aliphatic rings. The number of hydrogen-bond donors (Lipinski definition) is 4. The predicted molar refractivity (Wildman–Crippen MR) is 149 cm³/mol. The number of carboxylic acids is 1. The molecule has 0 radical (unpaired) electrons. The van der Waals surface area contributed by atoms with Crippen LogP contribution in [0.3, 0.4) is 0 Å². The van der Waals surface area contributed by atoms with E-state index in [1.807, 2.05) is 48.5 Å². The van der Waals surface area contributed by atoms with Gasteiger partial charge in [0.15, 0.2) is 0 Å². The largest absolute Gasteiger partial charge is 0.490 e. The number of anilines is 1. The van der Waals surface area contributed by atoms with Crippen molar-refractivity contribution in [3.63, 3.8) is 0 Å². The van der Waals surface area contributed by atoms with Crippen LogP contribution in [0.2, 0.25) is 0 Å². The molecule has 0 bridgehead atoms. The molecule has 1 fully saturated rings. The monoisotopic (exact) mass is 589 g/mol.